The van der Waals surface area contributed by atoms with Crippen molar-refractivity contribution in [1.29, 1.82) is 0 Å². The fourth-order valence-electron chi connectivity index (χ4n) is 3.91. The van der Waals surface area contributed by atoms with Crippen molar-refractivity contribution in [2.24, 2.45) is 0 Å². The van der Waals surface area contributed by atoms with Gasteiger partial charge in [0.05, 0.1) is 12.6 Å². The summed E-state index contributed by atoms with van der Waals surface area (Å²) < 4.78 is 3.66. The van der Waals surface area contributed by atoms with Crippen molar-refractivity contribution < 1.29 is 0 Å². The molecular formula is C33H28S8. The molecule has 0 atom stereocenters. The van der Waals surface area contributed by atoms with Crippen LogP contribution in [0.1, 0.15) is 45.9 Å². The Bertz CT molecular complexity index is 1500. The van der Waals surface area contributed by atoms with E-state index in [1.54, 1.807) is 47.0 Å². The van der Waals surface area contributed by atoms with Crippen LogP contribution >= 0.6 is 95.9 Å². The molecule has 8 heteroatoms. The lowest BCUT2D eigenvalue weighted by Crippen LogP contribution is -2.03. The number of hydrogen-bond acceptors (Lipinski definition) is 8. The minimum absolute atomic E-state index is 0.794. The largest absolute Gasteiger partial charge is 0.114 e. The predicted molar refractivity (Wildman–Crippen MR) is 204 cm³/mol. The van der Waals surface area contributed by atoms with Gasteiger partial charge in [0.15, 0.2) is 0 Å². The molecule has 0 bridgehead atoms. The SMILES string of the molecule is CC(=S)SCc1cc(CSC(=S)c2ccccc2)c(CSC(=S)c2ccccc2)cc1CSC(=S)c1ccccc1. The Balaban J connectivity index is 1.61. The zero-order chi connectivity index (χ0) is 29.0. The zero-order valence-electron chi connectivity index (χ0n) is 22.4. The molecule has 0 fully saturated rings. The summed E-state index contributed by atoms with van der Waals surface area (Å²) in [5.74, 6) is 3.23. The highest BCUT2D eigenvalue weighted by Crippen LogP contribution is 2.32. The van der Waals surface area contributed by atoms with Crippen LogP contribution in [-0.4, -0.2) is 16.8 Å². The first-order valence-corrected chi connectivity index (χ1v) is 18.4. The second-order valence-corrected chi connectivity index (χ2v) is 16.0. The zero-order valence-corrected chi connectivity index (χ0v) is 28.9. The second kappa shape index (κ2) is 17.1. The monoisotopic (exact) mass is 680 g/mol. The Morgan fingerprint density at radius 2 is 0.707 bits per heavy atom. The van der Waals surface area contributed by atoms with Gasteiger partial charge in [0.2, 0.25) is 0 Å². The maximum Gasteiger partial charge on any atom is 0.0781 e. The molecular weight excluding hydrogens is 653 g/mol. The molecule has 4 aromatic carbocycles. The van der Waals surface area contributed by atoms with Crippen LogP contribution in [0.4, 0.5) is 0 Å². The van der Waals surface area contributed by atoms with Gasteiger partial charge in [-0.2, -0.15) is 0 Å². The summed E-state index contributed by atoms with van der Waals surface area (Å²) in [5, 5.41) is 0. The first-order valence-electron chi connectivity index (χ1n) is 12.8. The van der Waals surface area contributed by atoms with Gasteiger partial charge in [0.1, 0.15) is 0 Å². The van der Waals surface area contributed by atoms with Crippen molar-refractivity contribution in [2.45, 2.75) is 29.9 Å². The predicted octanol–water partition coefficient (Wildman–Crippen LogP) is 11.1. The second-order valence-electron chi connectivity index (χ2n) is 9.00. The van der Waals surface area contributed by atoms with E-state index in [0.717, 1.165) is 56.5 Å². The van der Waals surface area contributed by atoms with Crippen LogP contribution in [0.3, 0.4) is 0 Å². The Labute approximate surface area is 282 Å². The lowest BCUT2D eigenvalue weighted by molar-refractivity contribution is 1.19. The van der Waals surface area contributed by atoms with E-state index in [9.17, 15) is 0 Å². The van der Waals surface area contributed by atoms with Crippen LogP contribution in [0.25, 0.3) is 0 Å². The van der Waals surface area contributed by atoms with Gasteiger partial charge in [0.25, 0.3) is 0 Å². The molecule has 208 valence electrons. The van der Waals surface area contributed by atoms with Gasteiger partial charge in [-0.3, -0.25) is 0 Å². The highest BCUT2D eigenvalue weighted by atomic mass is 32.2. The Hall–Kier alpha value is -1.36. The van der Waals surface area contributed by atoms with E-state index in [0.29, 0.717) is 0 Å². The summed E-state index contributed by atoms with van der Waals surface area (Å²) in [6.07, 6.45) is 0. The first kappa shape index (κ1) is 32.6. The maximum atomic E-state index is 5.80. The molecule has 0 aliphatic heterocycles. The summed E-state index contributed by atoms with van der Waals surface area (Å²) in [6, 6.07) is 35.4. The fourth-order valence-corrected chi connectivity index (χ4v) is 8.23. The minimum atomic E-state index is 0.794. The Morgan fingerprint density at radius 3 is 0.976 bits per heavy atom. The van der Waals surface area contributed by atoms with Gasteiger partial charge in [-0.1, -0.05) is 152 Å². The van der Waals surface area contributed by atoms with Gasteiger partial charge in [-0.15, -0.1) is 47.0 Å². The molecule has 0 aliphatic carbocycles. The third kappa shape index (κ3) is 10.4. The molecule has 0 spiro atoms. The quantitative estimate of drug-likeness (QED) is 0.142. The summed E-state index contributed by atoms with van der Waals surface area (Å²) >= 11 is 29.6. The van der Waals surface area contributed by atoms with Gasteiger partial charge >= 0.3 is 0 Å². The molecule has 0 aromatic heterocycles. The van der Waals surface area contributed by atoms with E-state index in [1.165, 1.54) is 22.3 Å². The van der Waals surface area contributed by atoms with Crippen molar-refractivity contribution >= 4 is 113 Å². The summed E-state index contributed by atoms with van der Waals surface area (Å²) in [4.78, 5) is 0. The number of rotatable bonds is 11. The molecule has 0 radical (unpaired) electrons. The molecule has 0 saturated heterocycles. The van der Waals surface area contributed by atoms with E-state index in [-0.39, 0.29) is 0 Å². The standard InChI is InChI=1S/C33H28S8/c1-23(34)38-19-27-17-29(21-40-32(36)25-13-7-3-8-14-25)30(22-41-33(37)26-15-9-4-10-16-26)18-28(27)20-39-31(35)24-11-5-2-6-12-24/h2-18H,19-22H2,1H3. The normalized spacial score (nSPS) is 10.8. The van der Waals surface area contributed by atoms with E-state index < -0.39 is 0 Å². The lowest BCUT2D eigenvalue weighted by Gasteiger charge is -2.17. The van der Waals surface area contributed by atoms with Gasteiger partial charge in [0, 0.05) is 27.2 Å². The summed E-state index contributed by atoms with van der Waals surface area (Å²) in [5.41, 5.74) is 8.41. The fraction of sp³-hybridized carbons (Fsp3) is 0.152. The Morgan fingerprint density at radius 1 is 0.439 bits per heavy atom. The summed E-state index contributed by atoms with van der Waals surface area (Å²) in [6.45, 7) is 1.99. The van der Waals surface area contributed by atoms with Crippen molar-refractivity contribution in [2.75, 3.05) is 0 Å². The number of benzene rings is 4. The molecule has 0 unspecified atom stereocenters. The van der Waals surface area contributed by atoms with Crippen molar-refractivity contribution in [3.8, 4) is 0 Å². The van der Waals surface area contributed by atoms with Crippen LogP contribution in [0.2, 0.25) is 0 Å². The number of thioether (sulfide) groups is 4. The molecule has 0 heterocycles. The smallest absolute Gasteiger partial charge is 0.0781 e. The number of thiocarbonyl (C=S) groups is 4. The van der Waals surface area contributed by atoms with Crippen molar-refractivity contribution in [3.63, 3.8) is 0 Å². The minimum Gasteiger partial charge on any atom is -0.114 e. The topological polar surface area (TPSA) is 0 Å². The first-order chi connectivity index (χ1) is 19.9. The molecule has 0 nitrogen and oxygen atoms in total. The van der Waals surface area contributed by atoms with E-state index >= 15 is 0 Å². The molecule has 0 aliphatic rings. The van der Waals surface area contributed by atoms with Crippen LogP contribution in [0.5, 0.6) is 0 Å². The average Bonchev–Trinajstić information content (AvgIpc) is 3.01. The van der Waals surface area contributed by atoms with Crippen LogP contribution in [0.15, 0.2) is 103 Å². The molecule has 0 saturated carbocycles. The third-order valence-electron chi connectivity index (χ3n) is 6.06. The molecule has 41 heavy (non-hydrogen) atoms. The van der Waals surface area contributed by atoms with Crippen LogP contribution < -0.4 is 0 Å². The third-order valence-corrected chi connectivity index (χ3v) is 11.9. The molecule has 4 aromatic rings. The molecule has 0 amide bonds. The van der Waals surface area contributed by atoms with E-state index in [2.05, 4.69) is 48.5 Å². The highest BCUT2D eigenvalue weighted by molar-refractivity contribution is 8.24. The molecule has 4 rings (SSSR count). The average molecular weight is 681 g/mol. The van der Waals surface area contributed by atoms with E-state index in [4.69, 9.17) is 48.9 Å². The van der Waals surface area contributed by atoms with Crippen molar-refractivity contribution in [3.05, 3.63) is 142 Å². The summed E-state index contributed by atoms with van der Waals surface area (Å²) in [7, 11) is 0. The van der Waals surface area contributed by atoms with Gasteiger partial charge in [-0.05, 0) is 45.9 Å². The van der Waals surface area contributed by atoms with E-state index in [1.807, 2.05) is 61.5 Å². The van der Waals surface area contributed by atoms with Gasteiger partial charge < -0.3 is 0 Å². The highest BCUT2D eigenvalue weighted by Gasteiger charge is 2.15. The van der Waals surface area contributed by atoms with Crippen molar-refractivity contribution in [1.82, 2.24) is 0 Å². The lowest BCUT2D eigenvalue weighted by atomic mass is 10.0. The molecule has 0 N–H and O–H groups in total. The Kier molecular flexibility index (Phi) is 13.5. The van der Waals surface area contributed by atoms with Crippen LogP contribution in [0, 0.1) is 0 Å². The van der Waals surface area contributed by atoms with Crippen LogP contribution in [-0.2, 0) is 23.0 Å². The maximum absolute atomic E-state index is 5.80. The van der Waals surface area contributed by atoms with Gasteiger partial charge in [-0.25, -0.2) is 0 Å². The number of hydrogen-bond donors (Lipinski definition) is 0.